The number of amides is 8. The molecule has 35 nitrogen and oxygen atoms in total. The van der Waals surface area contributed by atoms with Gasteiger partial charge in [0.05, 0.1) is 79.3 Å². The van der Waals surface area contributed by atoms with E-state index in [1.807, 2.05) is 0 Å². The van der Waals surface area contributed by atoms with Crippen LogP contribution in [0.5, 0.6) is 0 Å². The molecule has 3 aliphatic heterocycles. The average molecular weight is 1350 g/mol. The summed E-state index contributed by atoms with van der Waals surface area (Å²) in [5.41, 5.74) is -1.53. The number of methoxy groups -OCH3 is 1. The van der Waals surface area contributed by atoms with Crippen molar-refractivity contribution in [1.82, 2.24) is 42.5 Å². The molecule has 3 fully saturated rings. The van der Waals surface area contributed by atoms with Gasteiger partial charge in [0.15, 0.2) is 18.9 Å². The van der Waals surface area contributed by atoms with Crippen molar-refractivity contribution < 1.29 is 132 Å². The van der Waals surface area contributed by atoms with Gasteiger partial charge in [0, 0.05) is 92.8 Å². The molecule has 0 spiro atoms. The van der Waals surface area contributed by atoms with Crippen LogP contribution in [-0.4, -0.2) is 310 Å². The smallest absolute Gasteiger partial charge is 0.222 e. The Balaban J connectivity index is 1.67. The number of rotatable bonds is 48. The van der Waals surface area contributed by atoms with Crippen LogP contribution in [0, 0.1) is 0 Å². The van der Waals surface area contributed by atoms with Crippen molar-refractivity contribution in [2.24, 2.45) is 0 Å². The van der Waals surface area contributed by atoms with Crippen LogP contribution in [-0.2, 0) is 85.7 Å². The molecule has 0 aromatic heterocycles. The molecule has 0 saturated carbocycles. The second-order valence-electron chi connectivity index (χ2n) is 22.9. The Bertz CT molecular complexity index is 2010. The second-order valence-corrected chi connectivity index (χ2v) is 22.9. The van der Waals surface area contributed by atoms with Crippen molar-refractivity contribution in [1.29, 1.82) is 0 Å². The van der Waals surface area contributed by atoms with Crippen molar-refractivity contribution in [2.75, 3.05) is 119 Å². The first-order chi connectivity index (χ1) is 44.5. The van der Waals surface area contributed by atoms with Gasteiger partial charge in [-0.3, -0.25) is 38.4 Å². The lowest BCUT2D eigenvalue weighted by atomic mass is 9.97. The van der Waals surface area contributed by atoms with E-state index in [0.29, 0.717) is 13.2 Å². The van der Waals surface area contributed by atoms with Crippen molar-refractivity contribution in [3.05, 3.63) is 0 Å². The minimum atomic E-state index is -1.53. The predicted octanol–water partition coefficient (Wildman–Crippen LogP) is -7.05. The standard InChI is InChI=1S/C58H104N8O27/c1-35(70)63-46-52(81)49(78)38(29-67)91-55(46)88-23-10-19-60-42(74)15-26-85-32-58(66-45(77)14-9-13-41(73)59-18-7-5-6-8-22-84-4,33-86-27-16-43(75)61-20-11-24-89-56-47(64-36(2)71)53(82)50(79)39(30-68)92-56)34-87-28-17-44(76)62-21-12-25-90-57-48(65-37(3)72)54(83)51(80)40(31-69)93-57/h38-40,46-57,67-69,78-83H,5-34H2,1-4H3,(H,59,73)(H,60,74)(H,61,75)(H,62,76)(H,63,70)(H,64,71)(H,65,72)(H,66,77)/t38?,39?,40?,46?,47?,48?,49-,50-,51-,52+,53+,54+,55+,56+,57+,58?/m0/s1. The highest BCUT2D eigenvalue weighted by molar-refractivity contribution is 5.80. The SMILES string of the molecule is COCCCCCCNC(=O)CCCC(=O)NC(COCCC(=O)NCCCO[C@@H]1OC(CO)[C@H](O)[C@H](O)C1NC(C)=O)(COCCC(=O)NCCCO[C@@H]1OC(CO)[C@H](O)[C@H](O)C1NC(C)=O)COCCC(=O)NCCCO[C@@H]1OC(CO)[C@H](O)[C@H](O)C1NC(C)=O. The maximum Gasteiger partial charge on any atom is 0.222 e. The number of carbonyl (C=O) groups excluding carboxylic acids is 8. The molecule has 3 heterocycles. The third-order valence-electron chi connectivity index (χ3n) is 14.9. The zero-order valence-electron chi connectivity index (χ0n) is 53.7. The lowest BCUT2D eigenvalue weighted by molar-refractivity contribution is -0.270. The summed E-state index contributed by atoms with van der Waals surface area (Å²) < 4.78 is 57.0. The molecule has 17 N–H and O–H groups in total. The van der Waals surface area contributed by atoms with Crippen LogP contribution < -0.4 is 42.5 Å². The third-order valence-corrected chi connectivity index (χ3v) is 14.9. The molecular formula is C58H104N8O27. The predicted molar refractivity (Wildman–Crippen MR) is 321 cm³/mol. The van der Waals surface area contributed by atoms with Gasteiger partial charge in [0.25, 0.3) is 0 Å². The molecule has 35 heteroatoms. The Morgan fingerprint density at radius 1 is 0.376 bits per heavy atom. The van der Waals surface area contributed by atoms with Crippen LogP contribution in [0.2, 0.25) is 0 Å². The number of aliphatic hydroxyl groups excluding tert-OH is 9. The number of hydrogen-bond donors (Lipinski definition) is 17. The van der Waals surface area contributed by atoms with E-state index in [9.17, 15) is 84.3 Å². The minimum Gasteiger partial charge on any atom is -0.394 e. The summed E-state index contributed by atoms with van der Waals surface area (Å²) in [5.74, 6) is -3.71. The molecule has 0 bridgehead atoms. The Kier molecular flexibility index (Phi) is 40.9. The number of aliphatic hydroxyl groups is 9. The van der Waals surface area contributed by atoms with E-state index in [-0.39, 0.29) is 143 Å². The highest BCUT2D eigenvalue weighted by Crippen LogP contribution is 2.25. The van der Waals surface area contributed by atoms with Gasteiger partial charge >= 0.3 is 0 Å². The number of ether oxygens (including phenoxy) is 10. The van der Waals surface area contributed by atoms with Crippen molar-refractivity contribution in [3.8, 4) is 0 Å². The first kappa shape index (κ1) is 82.2. The molecule has 93 heavy (non-hydrogen) atoms. The van der Waals surface area contributed by atoms with Gasteiger partial charge in [-0.15, -0.1) is 0 Å². The highest BCUT2D eigenvalue weighted by Gasteiger charge is 2.48. The summed E-state index contributed by atoms with van der Waals surface area (Å²) in [5, 5.41) is 113. The van der Waals surface area contributed by atoms with E-state index in [0.717, 1.165) is 25.7 Å². The zero-order valence-corrected chi connectivity index (χ0v) is 53.7. The molecule has 0 aliphatic carbocycles. The Labute approximate surface area is 540 Å². The quantitative estimate of drug-likeness (QED) is 0.0252. The van der Waals surface area contributed by atoms with Crippen LogP contribution >= 0.6 is 0 Å². The fourth-order valence-corrected chi connectivity index (χ4v) is 9.94. The van der Waals surface area contributed by atoms with Gasteiger partial charge in [-0.05, 0) is 38.5 Å². The first-order valence-electron chi connectivity index (χ1n) is 31.6. The molecule has 3 rings (SSSR count). The van der Waals surface area contributed by atoms with Gasteiger partial charge in [0.1, 0.15) is 78.6 Å². The molecule has 0 radical (unpaired) electrons. The summed E-state index contributed by atoms with van der Waals surface area (Å²) in [6.07, 6.45) is -12.6. The number of nitrogens with one attached hydrogen (secondary N) is 8. The van der Waals surface area contributed by atoms with Gasteiger partial charge < -0.3 is 136 Å². The van der Waals surface area contributed by atoms with Crippen molar-refractivity contribution in [2.45, 2.75) is 202 Å². The lowest BCUT2D eigenvalue weighted by Gasteiger charge is -2.42. The molecule has 3 aliphatic rings. The number of carbonyl (C=O) groups is 8. The van der Waals surface area contributed by atoms with E-state index in [2.05, 4.69) is 42.5 Å². The van der Waals surface area contributed by atoms with Crippen LogP contribution in [0.4, 0.5) is 0 Å². The van der Waals surface area contributed by atoms with E-state index in [1.54, 1.807) is 7.11 Å². The topological polar surface area (TPSA) is 507 Å². The maximum absolute atomic E-state index is 13.8. The van der Waals surface area contributed by atoms with Crippen LogP contribution in [0.1, 0.15) is 104 Å². The summed E-state index contributed by atoms with van der Waals surface area (Å²) in [7, 11) is 1.63. The molecule has 8 amide bonds. The minimum absolute atomic E-state index is 0.0352. The molecule has 6 unspecified atom stereocenters. The Morgan fingerprint density at radius 3 is 1.01 bits per heavy atom. The number of unbranched alkanes of at least 4 members (excludes halogenated alkanes) is 3. The Hall–Kier alpha value is -5.00. The maximum atomic E-state index is 13.8. The highest BCUT2D eigenvalue weighted by atomic mass is 16.7. The normalized spacial score (nSPS) is 26.8. The molecule has 0 aromatic carbocycles. The van der Waals surface area contributed by atoms with Gasteiger partial charge in [0.2, 0.25) is 47.3 Å². The van der Waals surface area contributed by atoms with Crippen molar-refractivity contribution in [3.63, 3.8) is 0 Å². The van der Waals surface area contributed by atoms with Gasteiger partial charge in [-0.25, -0.2) is 0 Å². The van der Waals surface area contributed by atoms with Crippen LogP contribution in [0.3, 0.4) is 0 Å². The Morgan fingerprint density at radius 2 is 0.688 bits per heavy atom. The summed E-state index contributed by atoms with van der Waals surface area (Å²) in [6, 6.07) is -3.47. The molecule has 15 atom stereocenters. The van der Waals surface area contributed by atoms with E-state index in [4.69, 9.17) is 47.4 Å². The second kappa shape index (κ2) is 46.2. The summed E-state index contributed by atoms with van der Waals surface area (Å²) >= 11 is 0. The molecule has 3 saturated heterocycles. The molecule has 538 valence electrons. The monoisotopic (exact) mass is 1340 g/mol. The van der Waals surface area contributed by atoms with Crippen LogP contribution in [0.25, 0.3) is 0 Å². The molecular weight excluding hydrogens is 1240 g/mol. The fraction of sp³-hybridized carbons (Fsp3) is 0.862. The average Bonchev–Trinajstić information content (AvgIpc) is 0.851. The van der Waals surface area contributed by atoms with Gasteiger partial charge in [-0.1, -0.05) is 12.8 Å². The summed E-state index contributed by atoms with van der Waals surface area (Å²) in [4.78, 5) is 101. The lowest BCUT2D eigenvalue weighted by Crippen LogP contribution is -2.64. The summed E-state index contributed by atoms with van der Waals surface area (Å²) in [6.45, 7) is 1.41. The van der Waals surface area contributed by atoms with Gasteiger partial charge in [-0.2, -0.15) is 0 Å². The largest absolute Gasteiger partial charge is 0.394 e. The fourth-order valence-electron chi connectivity index (χ4n) is 9.94. The first-order valence-corrected chi connectivity index (χ1v) is 31.6. The van der Waals surface area contributed by atoms with Crippen LogP contribution in [0.15, 0.2) is 0 Å². The van der Waals surface area contributed by atoms with E-state index in [1.165, 1.54) is 20.8 Å². The zero-order chi connectivity index (χ0) is 68.7. The van der Waals surface area contributed by atoms with E-state index < -0.39 is 159 Å². The van der Waals surface area contributed by atoms with Crippen molar-refractivity contribution >= 4 is 47.3 Å². The van der Waals surface area contributed by atoms with E-state index >= 15 is 0 Å². The third kappa shape index (κ3) is 31.6. The number of hydrogen-bond acceptors (Lipinski definition) is 27. The molecule has 0 aromatic rings.